The normalized spacial score (nSPS) is 14.7. The Kier molecular flexibility index (Phi) is 5.88. The van der Waals surface area contributed by atoms with Crippen LogP contribution in [0, 0.1) is 6.92 Å². The zero-order valence-corrected chi connectivity index (χ0v) is 15.8. The van der Waals surface area contributed by atoms with Gasteiger partial charge < -0.3 is 10.1 Å². The summed E-state index contributed by atoms with van der Waals surface area (Å²) in [4.78, 5) is 29.8. The van der Waals surface area contributed by atoms with Gasteiger partial charge in [0, 0.05) is 11.6 Å². The number of hydrogen-bond donors (Lipinski definition) is 2. The molecule has 3 rings (SSSR count). The fourth-order valence-electron chi connectivity index (χ4n) is 3.09. The number of benzene rings is 1. The summed E-state index contributed by atoms with van der Waals surface area (Å²) in [6.07, 6.45) is 5.63. The second-order valence-corrected chi connectivity index (χ2v) is 7.43. The van der Waals surface area contributed by atoms with Crippen molar-refractivity contribution >= 4 is 28.3 Å². The molecule has 2 aromatic rings. The molecule has 6 nitrogen and oxygen atoms in total. The third kappa shape index (κ3) is 4.40. The van der Waals surface area contributed by atoms with E-state index in [1.165, 1.54) is 17.8 Å². The largest absolute Gasteiger partial charge is 0.497 e. The fourth-order valence-corrected chi connectivity index (χ4v) is 3.96. The molecule has 7 heteroatoms. The van der Waals surface area contributed by atoms with E-state index in [4.69, 9.17) is 4.74 Å². The van der Waals surface area contributed by atoms with E-state index in [2.05, 4.69) is 15.6 Å². The molecule has 26 heavy (non-hydrogen) atoms. The Bertz CT molecular complexity index is 797. The highest BCUT2D eigenvalue weighted by Gasteiger charge is 2.21. The number of amides is 2. The van der Waals surface area contributed by atoms with Gasteiger partial charge >= 0.3 is 0 Å². The van der Waals surface area contributed by atoms with Gasteiger partial charge in [0.1, 0.15) is 10.6 Å². The van der Waals surface area contributed by atoms with Crippen LogP contribution in [0.25, 0.3) is 0 Å². The Labute approximate surface area is 157 Å². The number of rotatable bonds is 5. The van der Waals surface area contributed by atoms with Crippen LogP contribution in [0.5, 0.6) is 5.75 Å². The third-order valence-electron chi connectivity index (χ3n) is 4.50. The number of ether oxygens (including phenoxy) is 1. The molecule has 1 fully saturated rings. The van der Waals surface area contributed by atoms with E-state index in [1.807, 2.05) is 0 Å². The van der Waals surface area contributed by atoms with Gasteiger partial charge in [0.2, 0.25) is 0 Å². The lowest BCUT2D eigenvalue weighted by Gasteiger charge is -2.22. The van der Waals surface area contributed by atoms with E-state index in [-0.39, 0.29) is 17.9 Å². The topological polar surface area (TPSA) is 80.3 Å². The first kappa shape index (κ1) is 18.4. The molecule has 1 aliphatic carbocycles. The van der Waals surface area contributed by atoms with Crippen molar-refractivity contribution in [3.63, 3.8) is 0 Å². The molecule has 0 radical (unpaired) electrons. The summed E-state index contributed by atoms with van der Waals surface area (Å²) in [5.74, 6) is 0.228. The summed E-state index contributed by atoms with van der Waals surface area (Å²) in [5.41, 5.74) is 1.11. The summed E-state index contributed by atoms with van der Waals surface area (Å²) in [6, 6.07) is 7.14. The predicted molar refractivity (Wildman–Crippen MR) is 102 cm³/mol. The van der Waals surface area contributed by atoms with Crippen LogP contribution in [0.1, 0.15) is 57.8 Å². The van der Waals surface area contributed by atoms with Crippen molar-refractivity contribution in [2.45, 2.75) is 45.1 Å². The monoisotopic (exact) mass is 373 g/mol. The van der Waals surface area contributed by atoms with E-state index in [0.29, 0.717) is 27.0 Å². The van der Waals surface area contributed by atoms with Gasteiger partial charge in [-0.3, -0.25) is 14.9 Å². The van der Waals surface area contributed by atoms with Crippen LogP contribution in [0.4, 0.5) is 5.13 Å². The van der Waals surface area contributed by atoms with E-state index in [1.54, 1.807) is 38.3 Å². The minimum absolute atomic E-state index is 0.103. The Morgan fingerprint density at radius 2 is 1.96 bits per heavy atom. The van der Waals surface area contributed by atoms with E-state index >= 15 is 0 Å². The SMILES string of the molecule is COc1cccc(C(=O)Nc2nc(C)c(C(=O)NC3CCCCC3)s2)c1. The number of methoxy groups -OCH3 is 1. The molecule has 2 amide bonds. The maximum Gasteiger partial charge on any atom is 0.263 e. The van der Waals surface area contributed by atoms with Crippen molar-refractivity contribution in [3.8, 4) is 5.75 Å². The number of hydrogen-bond acceptors (Lipinski definition) is 5. The Balaban J connectivity index is 1.67. The van der Waals surface area contributed by atoms with Crippen molar-refractivity contribution in [1.29, 1.82) is 0 Å². The lowest BCUT2D eigenvalue weighted by molar-refractivity contribution is 0.0930. The molecule has 138 valence electrons. The third-order valence-corrected chi connectivity index (χ3v) is 5.57. The summed E-state index contributed by atoms with van der Waals surface area (Å²) >= 11 is 1.20. The highest BCUT2D eigenvalue weighted by atomic mass is 32.1. The quantitative estimate of drug-likeness (QED) is 0.836. The predicted octanol–water partition coefficient (Wildman–Crippen LogP) is 3.77. The van der Waals surface area contributed by atoms with Crippen molar-refractivity contribution in [1.82, 2.24) is 10.3 Å². The lowest BCUT2D eigenvalue weighted by atomic mass is 9.95. The number of nitrogens with zero attached hydrogens (tertiary/aromatic N) is 1. The number of aryl methyl sites for hydroxylation is 1. The highest BCUT2D eigenvalue weighted by molar-refractivity contribution is 7.17. The standard InChI is InChI=1S/C19H23N3O3S/c1-12-16(18(24)21-14-8-4-3-5-9-14)26-19(20-12)22-17(23)13-7-6-10-15(11-13)25-2/h6-7,10-11,14H,3-5,8-9H2,1-2H3,(H,21,24)(H,20,22,23). The zero-order chi connectivity index (χ0) is 18.5. The maximum absolute atomic E-state index is 12.5. The molecule has 0 atom stereocenters. The van der Waals surface area contributed by atoms with Crippen molar-refractivity contribution in [3.05, 3.63) is 40.4 Å². The van der Waals surface area contributed by atoms with Crippen molar-refractivity contribution in [2.24, 2.45) is 0 Å². The second kappa shape index (κ2) is 8.31. The van der Waals surface area contributed by atoms with Crippen LogP contribution in [0.15, 0.2) is 24.3 Å². The molecule has 0 saturated heterocycles. The number of nitrogens with one attached hydrogen (secondary N) is 2. The molecule has 1 aromatic heterocycles. The van der Waals surface area contributed by atoms with Crippen LogP contribution >= 0.6 is 11.3 Å². The summed E-state index contributed by atoms with van der Waals surface area (Å²) < 4.78 is 5.14. The van der Waals surface area contributed by atoms with Gasteiger partial charge in [-0.05, 0) is 38.0 Å². The Hall–Kier alpha value is -2.41. The minimum atomic E-state index is -0.281. The number of carbonyl (C=O) groups is 2. The maximum atomic E-state index is 12.5. The Morgan fingerprint density at radius 1 is 1.19 bits per heavy atom. The first-order valence-corrected chi connectivity index (χ1v) is 9.62. The molecule has 1 saturated carbocycles. The number of aromatic nitrogens is 1. The van der Waals surface area contributed by atoms with Crippen LogP contribution in [0.3, 0.4) is 0 Å². The van der Waals surface area contributed by atoms with Gasteiger partial charge in [-0.15, -0.1) is 0 Å². The highest BCUT2D eigenvalue weighted by Crippen LogP contribution is 2.25. The fraction of sp³-hybridized carbons (Fsp3) is 0.421. The molecule has 0 unspecified atom stereocenters. The first-order chi connectivity index (χ1) is 12.6. The van der Waals surface area contributed by atoms with Gasteiger partial charge in [-0.1, -0.05) is 36.7 Å². The van der Waals surface area contributed by atoms with Crippen molar-refractivity contribution in [2.75, 3.05) is 12.4 Å². The smallest absolute Gasteiger partial charge is 0.263 e. The molecular formula is C19H23N3O3S. The van der Waals surface area contributed by atoms with Crippen LogP contribution in [-0.2, 0) is 0 Å². The van der Waals surface area contributed by atoms with E-state index < -0.39 is 0 Å². The van der Waals surface area contributed by atoms with Gasteiger partial charge in [-0.25, -0.2) is 4.98 Å². The molecule has 0 spiro atoms. The Morgan fingerprint density at radius 3 is 2.69 bits per heavy atom. The molecule has 0 aliphatic heterocycles. The van der Waals surface area contributed by atoms with Gasteiger partial charge in [-0.2, -0.15) is 0 Å². The first-order valence-electron chi connectivity index (χ1n) is 8.80. The van der Waals surface area contributed by atoms with Crippen LogP contribution < -0.4 is 15.4 Å². The average Bonchev–Trinajstić information content (AvgIpc) is 3.03. The zero-order valence-electron chi connectivity index (χ0n) is 15.0. The number of thiazole rings is 1. The van der Waals surface area contributed by atoms with Gasteiger partial charge in [0.05, 0.1) is 12.8 Å². The lowest BCUT2D eigenvalue weighted by Crippen LogP contribution is -2.36. The molecule has 1 aliphatic rings. The summed E-state index contributed by atoms with van der Waals surface area (Å²) in [7, 11) is 1.55. The second-order valence-electron chi connectivity index (χ2n) is 6.43. The van der Waals surface area contributed by atoms with Crippen LogP contribution in [-0.4, -0.2) is 29.9 Å². The number of anilines is 1. The average molecular weight is 373 g/mol. The minimum Gasteiger partial charge on any atom is -0.497 e. The summed E-state index contributed by atoms with van der Waals surface area (Å²) in [5, 5.41) is 6.27. The molecule has 0 bridgehead atoms. The number of carbonyl (C=O) groups excluding carboxylic acids is 2. The molecular weight excluding hydrogens is 350 g/mol. The molecule has 1 heterocycles. The van der Waals surface area contributed by atoms with Crippen molar-refractivity contribution < 1.29 is 14.3 Å². The summed E-state index contributed by atoms with van der Waals surface area (Å²) in [6.45, 7) is 1.79. The molecule has 1 aromatic carbocycles. The molecule has 2 N–H and O–H groups in total. The van der Waals surface area contributed by atoms with E-state index in [0.717, 1.165) is 25.7 Å². The van der Waals surface area contributed by atoms with Gasteiger partial charge in [0.15, 0.2) is 5.13 Å². The van der Waals surface area contributed by atoms with Gasteiger partial charge in [0.25, 0.3) is 11.8 Å². The van der Waals surface area contributed by atoms with E-state index in [9.17, 15) is 9.59 Å². The van der Waals surface area contributed by atoms with Crippen LogP contribution in [0.2, 0.25) is 0 Å².